The van der Waals surface area contributed by atoms with E-state index in [9.17, 15) is 0 Å². The molecule has 0 bridgehead atoms. The number of rotatable bonds is 1. The van der Waals surface area contributed by atoms with Gasteiger partial charge >= 0.3 is 0 Å². The Balaban J connectivity index is 0.000000531. The van der Waals surface area contributed by atoms with Crippen molar-refractivity contribution < 1.29 is 5.11 Å². The van der Waals surface area contributed by atoms with Gasteiger partial charge in [0.25, 0.3) is 0 Å². The normalized spacial score (nSPS) is 33.6. The molecule has 0 aliphatic heterocycles. The molecule has 0 radical (unpaired) electrons. The van der Waals surface area contributed by atoms with Gasteiger partial charge in [-0.2, -0.15) is 0 Å². The van der Waals surface area contributed by atoms with Gasteiger partial charge in [0.1, 0.15) is 0 Å². The second-order valence-corrected chi connectivity index (χ2v) is 4.53. The first kappa shape index (κ1) is 12.5. The first-order chi connectivity index (χ1) is 7.33. The Labute approximate surface area is 93.9 Å². The smallest absolute Gasteiger partial charge is 0.0319 e. The molecule has 1 N–H and O–H groups in total. The third kappa shape index (κ3) is 2.72. The van der Waals surface area contributed by atoms with Crippen LogP contribution in [0.4, 0.5) is 0 Å². The number of fused-ring (bicyclic) bond motifs is 1. The number of allylic oxidation sites excluding steroid dienone is 4. The maximum absolute atomic E-state index is 7.00. The maximum Gasteiger partial charge on any atom is 0.0319 e. The van der Waals surface area contributed by atoms with Crippen LogP contribution in [0.1, 0.15) is 39.5 Å². The fraction of sp³-hybridized carbons (Fsp3) is 0.714. The van der Waals surface area contributed by atoms with E-state index in [1.54, 1.807) is 5.57 Å². The Hall–Kier alpha value is -0.560. The van der Waals surface area contributed by atoms with Crippen LogP contribution in [0.5, 0.6) is 0 Å². The van der Waals surface area contributed by atoms with Crippen LogP contribution in [0, 0.1) is 17.8 Å². The van der Waals surface area contributed by atoms with E-state index in [-0.39, 0.29) is 0 Å². The zero-order chi connectivity index (χ0) is 11.3. The second-order valence-electron chi connectivity index (χ2n) is 4.53. The van der Waals surface area contributed by atoms with Gasteiger partial charge in [-0.1, -0.05) is 38.5 Å². The first-order valence-corrected chi connectivity index (χ1v) is 6.16. The molecule has 2 aliphatic rings. The Morgan fingerprint density at radius 1 is 1.40 bits per heavy atom. The first-order valence-electron chi connectivity index (χ1n) is 6.16. The van der Waals surface area contributed by atoms with Crippen LogP contribution in [0.2, 0.25) is 0 Å². The van der Waals surface area contributed by atoms with Crippen molar-refractivity contribution in [3.8, 4) is 0 Å². The standard InChI is InChI=1S/C13H20.CH4O/c1-3-12-10(2)8-9-11-6-4-5-7-13(11)12;1-2/h6,8-10,12-13H,3-5,7H2,1-2H3;2H,1H3/t10-,12-,13-;/m0./s1. The van der Waals surface area contributed by atoms with Gasteiger partial charge in [-0.05, 0) is 42.6 Å². The van der Waals surface area contributed by atoms with Gasteiger partial charge in [0.2, 0.25) is 0 Å². The molecule has 15 heavy (non-hydrogen) atoms. The zero-order valence-electron chi connectivity index (χ0n) is 10.2. The van der Waals surface area contributed by atoms with E-state index < -0.39 is 0 Å². The molecule has 1 nitrogen and oxygen atoms in total. The lowest BCUT2D eigenvalue weighted by Gasteiger charge is -2.36. The van der Waals surface area contributed by atoms with Gasteiger partial charge in [-0.25, -0.2) is 0 Å². The van der Waals surface area contributed by atoms with Crippen molar-refractivity contribution >= 4 is 0 Å². The molecule has 0 spiro atoms. The van der Waals surface area contributed by atoms with Crippen LogP contribution in [-0.4, -0.2) is 12.2 Å². The highest BCUT2D eigenvalue weighted by molar-refractivity contribution is 5.28. The van der Waals surface area contributed by atoms with Gasteiger partial charge in [0, 0.05) is 7.11 Å². The lowest BCUT2D eigenvalue weighted by Crippen LogP contribution is -2.26. The molecule has 0 amide bonds. The van der Waals surface area contributed by atoms with Gasteiger partial charge in [-0.3, -0.25) is 0 Å². The summed E-state index contributed by atoms with van der Waals surface area (Å²) >= 11 is 0. The van der Waals surface area contributed by atoms with Crippen LogP contribution in [-0.2, 0) is 0 Å². The quantitative estimate of drug-likeness (QED) is 0.698. The van der Waals surface area contributed by atoms with Crippen molar-refractivity contribution in [3.63, 3.8) is 0 Å². The Morgan fingerprint density at radius 2 is 2.13 bits per heavy atom. The molecule has 0 saturated heterocycles. The van der Waals surface area contributed by atoms with E-state index in [0.29, 0.717) is 0 Å². The van der Waals surface area contributed by atoms with E-state index in [4.69, 9.17) is 5.11 Å². The maximum atomic E-state index is 7.00. The molecule has 2 rings (SSSR count). The van der Waals surface area contributed by atoms with Gasteiger partial charge in [-0.15, -0.1) is 0 Å². The number of hydrogen-bond acceptors (Lipinski definition) is 1. The highest BCUT2D eigenvalue weighted by atomic mass is 16.2. The SMILES string of the molecule is CC[C@H]1[C@@H](C)C=CC2=CCCC[C@@H]21.CO. The average molecular weight is 208 g/mol. The molecule has 0 aromatic rings. The van der Waals surface area contributed by atoms with E-state index in [1.807, 2.05) is 0 Å². The number of aliphatic hydroxyl groups excluding tert-OH is 1. The topological polar surface area (TPSA) is 20.2 Å². The zero-order valence-corrected chi connectivity index (χ0v) is 10.2. The second kappa shape index (κ2) is 6.12. The summed E-state index contributed by atoms with van der Waals surface area (Å²) in [6.07, 6.45) is 12.7. The lowest BCUT2D eigenvalue weighted by molar-refractivity contribution is 0.268. The minimum absolute atomic E-state index is 0.797. The van der Waals surface area contributed by atoms with Crippen molar-refractivity contribution in [2.75, 3.05) is 7.11 Å². The monoisotopic (exact) mass is 208 g/mol. The summed E-state index contributed by atoms with van der Waals surface area (Å²) in [5, 5.41) is 7.00. The molecule has 0 aromatic carbocycles. The minimum atomic E-state index is 0.797. The molecule has 0 aromatic heterocycles. The third-order valence-corrected chi connectivity index (χ3v) is 3.78. The summed E-state index contributed by atoms with van der Waals surface area (Å²) in [4.78, 5) is 0. The lowest BCUT2D eigenvalue weighted by atomic mass is 9.69. The number of aliphatic hydroxyl groups is 1. The summed E-state index contributed by atoms with van der Waals surface area (Å²) in [5.74, 6) is 2.60. The van der Waals surface area contributed by atoms with Gasteiger partial charge in [0.15, 0.2) is 0 Å². The summed E-state index contributed by atoms with van der Waals surface area (Å²) < 4.78 is 0. The fourth-order valence-corrected chi connectivity index (χ4v) is 3.01. The summed E-state index contributed by atoms with van der Waals surface area (Å²) in [7, 11) is 1.00. The molecule has 3 atom stereocenters. The van der Waals surface area contributed by atoms with E-state index >= 15 is 0 Å². The molecule has 1 heteroatoms. The molecule has 0 unspecified atom stereocenters. The molecule has 0 saturated carbocycles. The Morgan fingerprint density at radius 3 is 2.80 bits per heavy atom. The summed E-state index contributed by atoms with van der Waals surface area (Å²) in [6, 6.07) is 0. The van der Waals surface area contributed by atoms with Crippen LogP contribution in [0.25, 0.3) is 0 Å². The van der Waals surface area contributed by atoms with Crippen LogP contribution >= 0.6 is 0 Å². The molecule has 86 valence electrons. The van der Waals surface area contributed by atoms with Crippen molar-refractivity contribution in [2.45, 2.75) is 39.5 Å². The molecule has 0 heterocycles. The largest absolute Gasteiger partial charge is 0.400 e. The van der Waals surface area contributed by atoms with Crippen molar-refractivity contribution in [3.05, 3.63) is 23.8 Å². The van der Waals surface area contributed by atoms with Gasteiger partial charge < -0.3 is 5.11 Å². The average Bonchev–Trinajstić information content (AvgIpc) is 2.32. The Bertz CT molecular complexity index is 240. The van der Waals surface area contributed by atoms with Crippen LogP contribution in [0.15, 0.2) is 23.8 Å². The minimum Gasteiger partial charge on any atom is -0.400 e. The molecule has 0 fully saturated rings. The van der Waals surface area contributed by atoms with Gasteiger partial charge in [0.05, 0.1) is 0 Å². The van der Waals surface area contributed by atoms with Crippen molar-refractivity contribution in [1.82, 2.24) is 0 Å². The predicted molar refractivity (Wildman–Crippen MR) is 65.7 cm³/mol. The Kier molecular flexibility index (Phi) is 5.10. The highest BCUT2D eigenvalue weighted by Crippen LogP contribution is 2.41. The van der Waals surface area contributed by atoms with E-state index in [2.05, 4.69) is 32.1 Å². The summed E-state index contributed by atoms with van der Waals surface area (Å²) in [6.45, 7) is 4.71. The molecular formula is C14H24O. The van der Waals surface area contributed by atoms with E-state index in [0.717, 1.165) is 24.9 Å². The molecule has 2 aliphatic carbocycles. The predicted octanol–water partition coefficient (Wildman–Crippen LogP) is 3.55. The molecular weight excluding hydrogens is 184 g/mol. The number of hydrogen-bond donors (Lipinski definition) is 1. The van der Waals surface area contributed by atoms with Crippen molar-refractivity contribution in [2.24, 2.45) is 17.8 Å². The van der Waals surface area contributed by atoms with Crippen LogP contribution < -0.4 is 0 Å². The highest BCUT2D eigenvalue weighted by Gasteiger charge is 2.30. The summed E-state index contributed by atoms with van der Waals surface area (Å²) in [5.41, 5.74) is 1.64. The van der Waals surface area contributed by atoms with Crippen LogP contribution in [0.3, 0.4) is 0 Å². The van der Waals surface area contributed by atoms with E-state index in [1.165, 1.54) is 25.7 Å². The fourth-order valence-electron chi connectivity index (χ4n) is 3.01. The van der Waals surface area contributed by atoms with Crippen molar-refractivity contribution in [1.29, 1.82) is 0 Å². The third-order valence-electron chi connectivity index (χ3n) is 3.78.